The highest BCUT2D eigenvalue weighted by Crippen LogP contribution is 2.11. The molecule has 2 aliphatic rings. The Kier molecular flexibility index (Phi) is 6.86. The smallest absolute Gasteiger partial charge is 0.277 e. The van der Waals surface area contributed by atoms with E-state index in [1.807, 2.05) is 12.1 Å². The van der Waals surface area contributed by atoms with Crippen molar-refractivity contribution in [1.29, 1.82) is 0 Å². The van der Waals surface area contributed by atoms with Gasteiger partial charge in [0.1, 0.15) is 0 Å². The highest BCUT2D eigenvalue weighted by atomic mass is 32.1. The zero-order valence-electron chi connectivity index (χ0n) is 15.8. The highest BCUT2D eigenvalue weighted by Gasteiger charge is 2.26. The largest absolute Gasteiger partial charge is 0.338 e. The van der Waals surface area contributed by atoms with Gasteiger partial charge < -0.3 is 20.0 Å². The third-order valence-corrected chi connectivity index (χ3v) is 5.75. The number of benzene rings is 1. The maximum absolute atomic E-state index is 12.6. The summed E-state index contributed by atoms with van der Waals surface area (Å²) in [5.41, 5.74) is 2.26. The van der Waals surface area contributed by atoms with E-state index in [2.05, 4.69) is 34.2 Å². The summed E-state index contributed by atoms with van der Waals surface area (Å²) in [5.74, 6) is 0.329. The van der Waals surface area contributed by atoms with Gasteiger partial charge in [-0.1, -0.05) is 25.0 Å². The number of quaternary nitrogens is 1. The summed E-state index contributed by atoms with van der Waals surface area (Å²) in [7, 11) is 0. The van der Waals surface area contributed by atoms with Crippen LogP contribution in [0.3, 0.4) is 0 Å². The predicted molar refractivity (Wildman–Crippen MR) is 110 cm³/mol. The van der Waals surface area contributed by atoms with Gasteiger partial charge in [0.25, 0.3) is 5.91 Å². The van der Waals surface area contributed by atoms with E-state index >= 15 is 0 Å². The molecule has 0 radical (unpaired) electrons. The lowest BCUT2D eigenvalue weighted by molar-refractivity contribution is -0.896. The molecule has 0 spiro atoms. The lowest BCUT2D eigenvalue weighted by atomic mass is 10.2. The third kappa shape index (κ3) is 5.42. The fourth-order valence-corrected chi connectivity index (χ4v) is 4.07. The molecule has 26 heavy (non-hydrogen) atoms. The van der Waals surface area contributed by atoms with Crippen LogP contribution in [0.15, 0.2) is 24.3 Å². The minimum Gasteiger partial charge on any atom is -0.338 e. The van der Waals surface area contributed by atoms with Crippen molar-refractivity contribution in [2.45, 2.75) is 32.6 Å². The predicted octanol–water partition coefficient (Wildman–Crippen LogP) is 1.29. The Labute approximate surface area is 162 Å². The van der Waals surface area contributed by atoms with Gasteiger partial charge in [-0.2, -0.15) is 0 Å². The van der Waals surface area contributed by atoms with Crippen LogP contribution in [0.5, 0.6) is 0 Å². The van der Waals surface area contributed by atoms with Crippen LogP contribution in [-0.4, -0.2) is 66.6 Å². The molecule has 2 saturated heterocycles. The SMILES string of the molecule is Cc1cccc(NC(=S)N2CC[NH+](CC(=O)N3CCCCCC3)CC2)c1. The molecule has 5 nitrogen and oxygen atoms in total. The van der Waals surface area contributed by atoms with Crippen molar-refractivity contribution in [3.8, 4) is 0 Å². The third-order valence-electron chi connectivity index (χ3n) is 5.39. The van der Waals surface area contributed by atoms with Crippen LogP contribution in [0.25, 0.3) is 0 Å². The number of carbonyl (C=O) groups is 1. The van der Waals surface area contributed by atoms with Crippen molar-refractivity contribution < 1.29 is 9.69 Å². The molecular formula is C20H31N4OS+. The molecule has 0 atom stereocenters. The normalized spacial score (nSPS) is 19.1. The van der Waals surface area contributed by atoms with Crippen molar-refractivity contribution in [2.75, 3.05) is 51.1 Å². The second kappa shape index (κ2) is 9.33. The van der Waals surface area contributed by atoms with E-state index in [0.717, 1.165) is 62.9 Å². The number of nitrogens with zero attached hydrogens (tertiary/aromatic N) is 2. The zero-order valence-corrected chi connectivity index (χ0v) is 16.6. The Morgan fingerprint density at radius 1 is 1.08 bits per heavy atom. The summed E-state index contributed by atoms with van der Waals surface area (Å²) in [6, 6.07) is 8.27. The van der Waals surface area contributed by atoms with Crippen LogP contribution in [-0.2, 0) is 4.79 Å². The lowest BCUT2D eigenvalue weighted by Crippen LogP contribution is -3.15. The molecule has 2 heterocycles. The van der Waals surface area contributed by atoms with Gasteiger partial charge in [-0.25, -0.2) is 0 Å². The number of hydrogen-bond donors (Lipinski definition) is 2. The van der Waals surface area contributed by atoms with E-state index in [9.17, 15) is 4.79 Å². The molecule has 1 aromatic rings. The average molecular weight is 376 g/mol. The second-order valence-electron chi connectivity index (χ2n) is 7.51. The quantitative estimate of drug-likeness (QED) is 0.782. The molecule has 2 fully saturated rings. The van der Waals surface area contributed by atoms with Gasteiger partial charge in [0.15, 0.2) is 11.7 Å². The van der Waals surface area contributed by atoms with Crippen molar-refractivity contribution in [3.05, 3.63) is 29.8 Å². The van der Waals surface area contributed by atoms with Crippen LogP contribution in [0.2, 0.25) is 0 Å². The highest BCUT2D eigenvalue weighted by molar-refractivity contribution is 7.80. The molecule has 0 unspecified atom stereocenters. The molecule has 2 aliphatic heterocycles. The number of rotatable bonds is 3. The molecule has 142 valence electrons. The molecule has 6 heteroatoms. The summed E-state index contributed by atoms with van der Waals surface area (Å²) in [5, 5.41) is 4.13. The fraction of sp³-hybridized carbons (Fsp3) is 0.600. The Balaban J connectivity index is 1.43. The molecule has 1 amide bonds. The van der Waals surface area contributed by atoms with Gasteiger partial charge >= 0.3 is 0 Å². The zero-order chi connectivity index (χ0) is 18.4. The molecular weight excluding hydrogens is 344 g/mol. The van der Waals surface area contributed by atoms with Crippen molar-refractivity contribution in [2.24, 2.45) is 0 Å². The number of piperazine rings is 1. The fourth-order valence-electron chi connectivity index (χ4n) is 3.77. The number of likely N-dealkylation sites (tertiary alicyclic amines) is 1. The van der Waals surface area contributed by atoms with E-state index in [4.69, 9.17) is 12.2 Å². The first-order chi connectivity index (χ1) is 12.6. The maximum Gasteiger partial charge on any atom is 0.277 e. The first-order valence-corrected chi connectivity index (χ1v) is 10.3. The molecule has 2 N–H and O–H groups in total. The van der Waals surface area contributed by atoms with Crippen LogP contribution in [0.4, 0.5) is 5.69 Å². The first-order valence-electron chi connectivity index (χ1n) is 9.86. The van der Waals surface area contributed by atoms with Crippen molar-refractivity contribution in [1.82, 2.24) is 9.80 Å². The van der Waals surface area contributed by atoms with Crippen molar-refractivity contribution in [3.63, 3.8) is 0 Å². The van der Waals surface area contributed by atoms with Gasteiger partial charge in [-0.05, 0) is 49.7 Å². The lowest BCUT2D eigenvalue weighted by Gasteiger charge is -2.34. The standard InChI is InChI=1S/C20H30N4OS/c1-17-7-6-8-18(15-17)21-20(26)24-13-11-22(12-14-24)16-19(25)23-9-4-2-3-5-10-23/h6-8,15H,2-5,9-14,16H2,1H3,(H,21,26)/p+1. The molecule has 0 aromatic heterocycles. The number of thiocarbonyl (C=S) groups is 1. The molecule has 0 saturated carbocycles. The Bertz CT molecular complexity index is 620. The number of anilines is 1. The molecule has 1 aromatic carbocycles. The van der Waals surface area contributed by atoms with Gasteiger partial charge in [-0.3, -0.25) is 4.79 Å². The van der Waals surface area contributed by atoms with Crippen LogP contribution in [0.1, 0.15) is 31.2 Å². The molecule has 0 aliphatic carbocycles. The Morgan fingerprint density at radius 2 is 1.77 bits per heavy atom. The van der Waals surface area contributed by atoms with Crippen LogP contribution >= 0.6 is 12.2 Å². The maximum atomic E-state index is 12.6. The van der Waals surface area contributed by atoms with Crippen LogP contribution in [0, 0.1) is 6.92 Å². The number of carbonyl (C=O) groups excluding carboxylic acids is 1. The van der Waals surface area contributed by atoms with E-state index in [-0.39, 0.29) is 0 Å². The summed E-state index contributed by atoms with van der Waals surface area (Å²) in [4.78, 5) is 18.2. The van der Waals surface area contributed by atoms with Gasteiger partial charge in [0.2, 0.25) is 0 Å². The number of amides is 1. The summed E-state index contributed by atoms with van der Waals surface area (Å²) in [6.45, 7) is 8.35. The number of hydrogen-bond acceptors (Lipinski definition) is 2. The van der Waals surface area contributed by atoms with E-state index in [1.165, 1.54) is 23.3 Å². The minimum absolute atomic E-state index is 0.329. The average Bonchev–Trinajstić information content (AvgIpc) is 2.92. The topological polar surface area (TPSA) is 40.0 Å². The summed E-state index contributed by atoms with van der Waals surface area (Å²) >= 11 is 5.57. The van der Waals surface area contributed by atoms with E-state index < -0.39 is 0 Å². The van der Waals surface area contributed by atoms with E-state index in [0.29, 0.717) is 12.5 Å². The number of nitrogens with one attached hydrogen (secondary N) is 2. The summed E-state index contributed by atoms with van der Waals surface area (Å²) < 4.78 is 0. The number of aryl methyl sites for hydroxylation is 1. The van der Waals surface area contributed by atoms with Gasteiger partial charge in [0.05, 0.1) is 26.2 Å². The Hall–Kier alpha value is -1.66. The van der Waals surface area contributed by atoms with E-state index in [1.54, 1.807) is 0 Å². The molecule has 3 rings (SSSR count). The van der Waals surface area contributed by atoms with Gasteiger partial charge in [0, 0.05) is 18.8 Å². The first kappa shape index (κ1) is 19.1. The van der Waals surface area contributed by atoms with Gasteiger partial charge in [-0.15, -0.1) is 0 Å². The minimum atomic E-state index is 0.329. The van der Waals surface area contributed by atoms with Crippen molar-refractivity contribution >= 4 is 28.9 Å². The van der Waals surface area contributed by atoms with Crippen LogP contribution < -0.4 is 10.2 Å². The molecule has 0 bridgehead atoms. The Morgan fingerprint density at radius 3 is 2.42 bits per heavy atom. The second-order valence-corrected chi connectivity index (χ2v) is 7.90. The monoisotopic (exact) mass is 375 g/mol. The summed E-state index contributed by atoms with van der Waals surface area (Å²) in [6.07, 6.45) is 4.85.